The van der Waals surface area contributed by atoms with Gasteiger partial charge in [-0.15, -0.1) is 0 Å². The Morgan fingerprint density at radius 2 is 1.78 bits per heavy atom. The maximum atomic E-state index is 12.9. The number of aryl methyl sites for hydroxylation is 3. The van der Waals surface area contributed by atoms with E-state index in [4.69, 9.17) is 16.3 Å². The summed E-state index contributed by atoms with van der Waals surface area (Å²) >= 11 is 6.09. The van der Waals surface area contributed by atoms with Crippen LogP contribution >= 0.6 is 11.6 Å². The van der Waals surface area contributed by atoms with Crippen LogP contribution in [0.25, 0.3) is 16.7 Å². The molecule has 1 saturated heterocycles. The molecule has 2 aliphatic rings. The predicted octanol–water partition coefficient (Wildman–Crippen LogP) is 5.72. The standard InChI is InChI=1S/C23H23ClO3/c1-12-11-16(24)5-6-17(12)15-9-13(2)19(14(3)10-15)20-21(25)18-7-8-23(4,27-18)22(20)26/h5-6,9-11,18,26H,7-8H2,1-4H3/t18-,23+/m0/s1. The van der Waals surface area contributed by atoms with Crippen molar-refractivity contribution in [2.45, 2.75) is 52.2 Å². The predicted molar refractivity (Wildman–Crippen MR) is 108 cm³/mol. The van der Waals surface area contributed by atoms with E-state index in [-0.39, 0.29) is 11.5 Å². The Morgan fingerprint density at radius 1 is 1.11 bits per heavy atom. The Kier molecular flexibility index (Phi) is 4.21. The van der Waals surface area contributed by atoms with E-state index >= 15 is 0 Å². The van der Waals surface area contributed by atoms with Gasteiger partial charge in [0.15, 0.2) is 5.78 Å². The molecule has 0 saturated carbocycles. The summed E-state index contributed by atoms with van der Waals surface area (Å²) in [5.74, 6) is -0.0352. The molecule has 2 aliphatic heterocycles. The zero-order valence-electron chi connectivity index (χ0n) is 16.0. The number of carbonyl (C=O) groups excluding carboxylic acids is 1. The fraction of sp³-hybridized carbons (Fsp3) is 0.348. The molecule has 140 valence electrons. The number of hydrogen-bond donors (Lipinski definition) is 1. The fourth-order valence-corrected chi connectivity index (χ4v) is 4.67. The van der Waals surface area contributed by atoms with Crippen LogP contribution in [0.15, 0.2) is 36.1 Å². The van der Waals surface area contributed by atoms with Crippen LogP contribution in [0.4, 0.5) is 0 Å². The Balaban J connectivity index is 1.87. The number of benzene rings is 2. The number of ketones is 1. The Hall–Kier alpha value is -2.10. The van der Waals surface area contributed by atoms with E-state index in [1.54, 1.807) is 0 Å². The summed E-state index contributed by atoms with van der Waals surface area (Å²) in [6.45, 7) is 7.88. The molecule has 3 nitrogen and oxygen atoms in total. The van der Waals surface area contributed by atoms with Crippen LogP contribution in [0.5, 0.6) is 0 Å². The quantitative estimate of drug-likeness (QED) is 0.722. The van der Waals surface area contributed by atoms with Crippen LogP contribution < -0.4 is 0 Å². The first-order valence-electron chi connectivity index (χ1n) is 9.25. The third-order valence-corrected chi connectivity index (χ3v) is 6.08. The number of aliphatic hydroxyl groups is 1. The monoisotopic (exact) mass is 382 g/mol. The molecule has 0 radical (unpaired) electrons. The summed E-state index contributed by atoms with van der Waals surface area (Å²) in [6.07, 6.45) is 0.875. The van der Waals surface area contributed by atoms with Crippen LogP contribution in [-0.4, -0.2) is 22.6 Å². The molecule has 4 heteroatoms. The molecule has 2 atom stereocenters. The summed E-state index contributed by atoms with van der Waals surface area (Å²) in [6, 6.07) is 10.0. The first-order valence-corrected chi connectivity index (χ1v) is 9.63. The first kappa shape index (κ1) is 18.3. The van der Waals surface area contributed by atoms with Gasteiger partial charge in [-0.1, -0.05) is 29.8 Å². The molecule has 2 bridgehead atoms. The van der Waals surface area contributed by atoms with Crippen molar-refractivity contribution >= 4 is 23.0 Å². The number of carbonyl (C=O) groups is 1. The topological polar surface area (TPSA) is 46.5 Å². The lowest BCUT2D eigenvalue weighted by Gasteiger charge is -2.31. The van der Waals surface area contributed by atoms with E-state index in [0.29, 0.717) is 23.4 Å². The molecule has 0 aromatic heterocycles. The van der Waals surface area contributed by atoms with Gasteiger partial charge in [0.1, 0.15) is 17.5 Å². The van der Waals surface area contributed by atoms with Crippen molar-refractivity contribution < 1.29 is 14.6 Å². The maximum Gasteiger partial charge on any atom is 0.195 e. The first-order chi connectivity index (χ1) is 12.7. The van der Waals surface area contributed by atoms with Gasteiger partial charge in [-0.25, -0.2) is 0 Å². The van der Waals surface area contributed by atoms with Crippen LogP contribution in [0.1, 0.15) is 42.0 Å². The van der Waals surface area contributed by atoms with E-state index in [2.05, 4.69) is 12.1 Å². The maximum absolute atomic E-state index is 12.9. The zero-order chi connectivity index (χ0) is 19.5. The van der Waals surface area contributed by atoms with Crippen LogP contribution in [0, 0.1) is 20.8 Å². The van der Waals surface area contributed by atoms with E-state index in [1.807, 2.05) is 45.9 Å². The molecule has 1 fully saturated rings. The average Bonchev–Trinajstić information content (AvgIpc) is 2.96. The minimum atomic E-state index is -0.752. The van der Waals surface area contributed by atoms with Crippen LogP contribution in [0.2, 0.25) is 5.02 Å². The molecule has 0 amide bonds. The molecule has 2 aromatic rings. The van der Waals surface area contributed by atoms with Crippen molar-refractivity contribution in [3.8, 4) is 11.1 Å². The molecule has 27 heavy (non-hydrogen) atoms. The summed E-state index contributed by atoms with van der Waals surface area (Å²) in [5, 5.41) is 11.6. The molecule has 4 rings (SSSR count). The van der Waals surface area contributed by atoms with Gasteiger partial charge in [0.25, 0.3) is 0 Å². The van der Waals surface area contributed by atoms with Gasteiger partial charge < -0.3 is 9.84 Å². The minimum Gasteiger partial charge on any atom is -0.508 e. The number of aliphatic hydroxyl groups excluding tert-OH is 1. The zero-order valence-corrected chi connectivity index (χ0v) is 16.8. The van der Waals surface area contributed by atoms with E-state index in [9.17, 15) is 9.90 Å². The number of rotatable bonds is 2. The fourth-order valence-electron chi connectivity index (χ4n) is 4.45. The second-order valence-corrected chi connectivity index (χ2v) is 8.34. The van der Waals surface area contributed by atoms with Crippen molar-refractivity contribution in [3.63, 3.8) is 0 Å². The Bertz CT molecular complexity index is 982. The average molecular weight is 383 g/mol. The van der Waals surface area contributed by atoms with Crippen molar-refractivity contribution in [2.24, 2.45) is 0 Å². The molecule has 0 aliphatic carbocycles. The number of ether oxygens (including phenoxy) is 1. The molecule has 0 spiro atoms. The second-order valence-electron chi connectivity index (χ2n) is 7.91. The highest BCUT2D eigenvalue weighted by molar-refractivity contribution is 6.30. The van der Waals surface area contributed by atoms with Gasteiger partial charge in [0, 0.05) is 5.02 Å². The minimum absolute atomic E-state index is 0.0721. The van der Waals surface area contributed by atoms with Crippen molar-refractivity contribution in [2.75, 3.05) is 0 Å². The van der Waals surface area contributed by atoms with Gasteiger partial charge in [-0.3, -0.25) is 4.79 Å². The highest BCUT2D eigenvalue weighted by atomic mass is 35.5. The van der Waals surface area contributed by atoms with Gasteiger partial charge in [0.2, 0.25) is 0 Å². The lowest BCUT2D eigenvalue weighted by molar-refractivity contribution is -0.130. The molecular weight excluding hydrogens is 360 g/mol. The third kappa shape index (κ3) is 2.81. The normalized spacial score (nSPS) is 24.6. The van der Waals surface area contributed by atoms with Gasteiger partial charge in [0.05, 0.1) is 5.57 Å². The van der Waals surface area contributed by atoms with Crippen molar-refractivity contribution in [1.82, 2.24) is 0 Å². The summed E-state index contributed by atoms with van der Waals surface area (Å²) < 4.78 is 5.79. The van der Waals surface area contributed by atoms with E-state index < -0.39 is 11.7 Å². The number of fused-ring (bicyclic) bond motifs is 2. The van der Waals surface area contributed by atoms with Crippen molar-refractivity contribution in [3.05, 3.63) is 63.4 Å². The molecule has 1 N–H and O–H groups in total. The highest BCUT2D eigenvalue weighted by Crippen LogP contribution is 2.46. The summed E-state index contributed by atoms with van der Waals surface area (Å²) in [4.78, 5) is 12.9. The largest absolute Gasteiger partial charge is 0.508 e. The number of hydrogen-bond acceptors (Lipinski definition) is 3. The van der Waals surface area contributed by atoms with Crippen molar-refractivity contribution in [1.29, 1.82) is 0 Å². The molecule has 2 aromatic carbocycles. The van der Waals surface area contributed by atoms with Crippen LogP contribution in [-0.2, 0) is 9.53 Å². The molecular formula is C23H23ClO3. The second kappa shape index (κ2) is 6.22. The number of halogens is 1. The highest BCUT2D eigenvalue weighted by Gasteiger charge is 2.50. The van der Waals surface area contributed by atoms with E-state index in [1.165, 1.54) is 0 Å². The lowest BCUT2D eigenvalue weighted by atomic mass is 9.85. The van der Waals surface area contributed by atoms with Gasteiger partial charge in [-0.05, 0) is 86.1 Å². The van der Waals surface area contributed by atoms with E-state index in [0.717, 1.165) is 33.4 Å². The SMILES string of the molecule is Cc1cc(Cl)ccc1-c1cc(C)c(C2=C(O)[C@@]3(C)CC[C@H](O3)C2=O)c(C)c1. The van der Waals surface area contributed by atoms with Gasteiger partial charge >= 0.3 is 0 Å². The summed E-state index contributed by atoms with van der Waals surface area (Å²) in [5.41, 5.74) is 5.74. The number of Topliss-reactive ketones (excluding diaryl/α,β-unsaturated/α-hetero) is 1. The lowest BCUT2D eigenvalue weighted by Crippen LogP contribution is -2.38. The smallest absolute Gasteiger partial charge is 0.195 e. The summed E-state index contributed by atoms with van der Waals surface area (Å²) in [7, 11) is 0. The third-order valence-electron chi connectivity index (χ3n) is 5.84. The van der Waals surface area contributed by atoms with Gasteiger partial charge in [-0.2, -0.15) is 0 Å². The Labute approximate surface area is 164 Å². The Morgan fingerprint density at radius 3 is 2.41 bits per heavy atom. The molecule has 2 heterocycles. The molecule has 0 unspecified atom stereocenters. The van der Waals surface area contributed by atoms with Crippen LogP contribution in [0.3, 0.4) is 0 Å².